The summed E-state index contributed by atoms with van der Waals surface area (Å²) < 4.78 is 0. The molecule has 31 heavy (non-hydrogen) atoms. The Labute approximate surface area is 202 Å². The predicted molar refractivity (Wildman–Crippen MR) is 134 cm³/mol. The Kier molecular flexibility index (Phi) is 8.37. The van der Waals surface area contributed by atoms with E-state index in [9.17, 15) is 0 Å². The van der Waals surface area contributed by atoms with E-state index in [1.165, 1.54) is 32.2 Å². The minimum Gasteiger partial charge on any atom is -0.260 e. The second-order valence-corrected chi connectivity index (χ2v) is 14.1. The van der Waals surface area contributed by atoms with Gasteiger partial charge < -0.3 is 0 Å². The van der Waals surface area contributed by atoms with E-state index in [1.807, 2.05) is 24.3 Å². The molecule has 0 saturated heterocycles. The van der Waals surface area contributed by atoms with Gasteiger partial charge in [-0.1, -0.05) is 37.8 Å². The van der Waals surface area contributed by atoms with E-state index < -0.39 is 20.8 Å². The summed E-state index contributed by atoms with van der Waals surface area (Å²) in [5, 5.41) is 8.13. The van der Waals surface area contributed by atoms with Crippen LogP contribution in [0.25, 0.3) is 32.2 Å². The molecule has 0 N–H and O–H groups in total. The van der Waals surface area contributed by atoms with Crippen LogP contribution in [0.2, 0.25) is 0 Å². The van der Waals surface area contributed by atoms with E-state index >= 15 is 0 Å². The first kappa shape index (κ1) is 22.7. The van der Waals surface area contributed by atoms with E-state index in [4.69, 9.17) is 17.0 Å². The van der Waals surface area contributed by atoms with Crippen molar-refractivity contribution in [2.24, 2.45) is 0 Å². The van der Waals surface area contributed by atoms with Gasteiger partial charge >= 0.3 is 37.9 Å². The number of nitrogens with zero attached hydrogens (tertiary/aromatic N) is 2. The van der Waals surface area contributed by atoms with Gasteiger partial charge in [0, 0.05) is 24.3 Å². The smallest absolute Gasteiger partial charge is 0.0488 e. The van der Waals surface area contributed by atoms with Crippen LogP contribution < -0.4 is 0 Å². The molecule has 0 radical (unpaired) electrons. The van der Waals surface area contributed by atoms with Crippen LogP contribution in [0.4, 0.5) is 0 Å². The van der Waals surface area contributed by atoms with Crippen LogP contribution in [0.1, 0.15) is 0 Å². The van der Waals surface area contributed by atoms with Crippen molar-refractivity contribution >= 4 is 53.6 Å². The van der Waals surface area contributed by atoms with Crippen molar-refractivity contribution in [3.8, 4) is 10.6 Å². The maximum Gasteiger partial charge on any atom is 0.0488 e. The Hall–Kier alpha value is -1.46. The van der Waals surface area contributed by atoms with Crippen molar-refractivity contribution in [3.05, 3.63) is 109 Å². The van der Waals surface area contributed by atoms with Crippen molar-refractivity contribution in [1.29, 1.82) is 0 Å². The largest absolute Gasteiger partial charge is 0.260 e. The number of hydrogen-bond donors (Lipinski definition) is 0. The Morgan fingerprint density at radius 1 is 0.677 bits per heavy atom. The molecule has 0 amide bonds. The molecular formula is C24H18Cl2N2P2Zr. The van der Waals surface area contributed by atoms with Crippen LogP contribution >= 0.6 is 32.1 Å². The van der Waals surface area contributed by atoms with E-state index in [-0.39, 0.29) is 15.1 Å². The maximum atomic E-state index is 4.93. The van der Waals surface area contributed by atoms with Gasteiger partial charge in [0.2, 0.25) is 0 Å². The van der Waals surface area contributed by atoms with E-state index in [2.05, 4.69) is 94.4 Å². The number of hydrogen-bond acceptors (Lipinski definition) is 2. The average Bonchev–Trinajstić information content (AvgIpc) is 3.60. The molecule has 0 fully saturated rings. The van der Waals surface area contributed by atoms with Gasteiger partial charge in [0.15, 0.2) is 0 Å². The summed E-state index contributed by atoms with van der Waals surface area (Å²) in [6.07, 6.45) is 3.78. The molecule has 0 spiro atoms. The van der Waals surface area contributed by atoms with Gasteiger partial charge in [-0.2, -0.15) is 12.1 Å². The molecule has 0 bridgehead atoms. The number of halogens is 2. The minimum absolute atomic E-state index is 0.259. The standard InChI is InChI=1S/2C12H9NP.2ClH.Zr/c2*1-2-4-11-8-12(7-10(11)3-1)14-6-5-13-9-14;;;/h2*1-9H;2*1H;/q2*-1;;;+4/p-2. The van der Waals surface area contributed by atoms with Crippen molar-refractivity contribution in [2.75, 3.05) is 0 Å². The molecule has 6 aromatic rings. The molecule has 0 saturated carbocycles. The van der Waals surface area contributed by atoms with Gasteiger partial charge in [-0.25, -0.2) is 0 Å². The molecule has 4 aromatic carbocycles. The molecule has 7 heteroatoms. The average molecular weight is 559 g/mol. The molecule has 6 rings (SSSR count). The monoisotopic (exact) mass is 556 g/mol. The second kappa shape index (κ2) is 11.4. The normalized spacial score (nSPS) is 11.3. The number of benzene rings is 2. The molecule has 2 nitrogen and oxygen atoms in total. The summed E-state index contributed by atoms with van der Waals surface area (Å²) in [4.78, 5) is 8.27. The van der Waals surface area contributed by atoms with Crippen LogP contribution in [0.15, 0.2) is 109 Å². The number of fused-ring (bicyclic) bond motifs is 2. The molecule has 2 unspecified atom stereocenters. The van der Waals surface area contributed by atoms with Gasteiger partial charge in [-0.15, -0.1) is 70.1 Å². The first-order valence-electron chi connectivity index (χ1n) is 9.52. The zero-order chi connectivity index (χ0) is 21.5. The fourth-order valence-electron chi connectivity index (χ4n) is 3.39. The van der Waals surface area contributed by atoms with Crippen molar-refractivity contribution < 1.29 is 20.8 Å². The Morgan fingerprint density at radius 2 is 1.10 bits per heavy atom. The zero-order valence-corrected chi connectivity index (χ0v) is 22.2. The molecule has 0 aliphatic heterocycles. The molecule has 2 atom stereocenters. The molecular weight excluding hydrogens is 540 g/mol. The van der Waals surface area contributed by atoms with Gasteiger partial charge in [0.05, 0.1) is 0 Å². The minimum atomic E-state index is -0.826. The quantitative estimate of drug-likeness (QED) is 0.198. The Bertz CT molecular complexity index is 1170. The van der Waals surface area contributed by atoms with Crippen molar-refractivity contribution in [2.45, 2.75) is 0 Å². The van der Waals surface area contributed by atoms with Gasteiger partial charge in [0.25, 0.3) is 0 Å². The number of aromatic nitrogens is 2. The van der Waals surface area contributed by atoms with Crippen LogP contribution in [-0.4, -0.2) is 9.97 Å². The number of rotatable bonds is 2. The van der Waals surface area contributed by atoms with Crippen LogP contribution in [0, 0.1) is 0 Å². The fourth-order valence-corrected chi connectivity index (χ4v) is 6.19. The Morgan fingerprint density at radius 3 is 1.45 bits per heavy atom. The molecule has 2 heterocycles. The van der Waals surface area contributed by atoms with E-state index in [0.29, 0.717) is 0 Å². The van der Waals surface area contributed by atoms with Gasteiger partial charge in [-0.3, -0.25) is 9.97 Å². The molecule has 152 valence electrons. The third-order valence-electron chi connectivity index (χ3n) is 4.81. The van der Waals surface area contributed by atoms with Crippen LogP contribution in [0.5, 0.6) is 0 Å². The molecule has 0 aliphatic carbocycles. The van der Waals surface area contributed by atoms with Gasteiger partial charge in [0.1, 0.15) is 0 Å². The first-order valence-corrected chi connectivity index (χ1v) is 18.8. The fraction of sp³-hybridized carbons (Fsp3) is 0. The topological polar surface area (TPSA) is 25.8 Å². The van der Waals surface area contributed by atoms with Crippen molar-refractivity contribution in [1.82, 2.24) is 9.97 Å². The summed E-state index contributed by atoms with van der Waals surface area (Å²) in [6.45, 7) is 0. The third-order valence-corrected chi connectivity index (χ3v) is 8.19. The first-order chi connectivity index (χ1) is 15.3. The molecule has 2 aromatic heterocycles. The molecule has 0 aliphatic rings. The van der Waals surface area contributed by atoms with E-state index in [0.717, 1.165) is 0 Å². The van der Waals surface area contributed by atoms with E-state index in [1.54, 1.807) is 0 Å². The SMILES string of the molecule is [Cl][Zr+2][Cl].c1ccc2[cH-]c(-p3ccnc3)cc2c1.c1ccc2[cH-]c(-p3ccnc3)cc2c1. The van der Waals surface area contributed by atoms with Crippen LogP contribution in [0.3, 0.4) is 0 Å². The predicted octanol–water partition coefficient (Wildman–Crippen LogP) is 9.24. The van der Waals surface area contributed by atoms with Gasteiger partial charge in [-0.05, 0) is 11.6 Å². The second-order valence-electron chi connectivity index (χ2n) is 6.70. The van der Waals surface area contributed by atoms with Crippen LogP contribution in [-0.2, 0) is 20.8 Å². The zero-order valence-electron chi connectivity index (χ0n) is 16.4. The summed E-state index contributed by atoms with van der Waals surface area (Å²) >= 11 is -0.826. The summed E-state index contributed by atoms with van der Waals surface area (Å²) in [5.41, 5.74) is 0. The maximum absolute atomic E-state index is 4.93. The summed E-state index contributed by atoms with van der Waals surface area (Å²) in [7, 11) is 9.35. The summed E-state index contributed by atoms with van der Waals surface area (Å²) in [6, 6.07) is 26.0. The summed E-state index contributed by atoms with van der Waals surface area (Å²) in [5.74, 6) is 8.46. The third kappa shape index (κ3) is 5.87. The van der Waals surface area contributed by atoms with Crippen molar-refractivity contribution in [3.63, 3.8) is 0 Å². The Balaban J connectivity index is 0.000000133.